The van der Waals surface area contributed by atoms with Crippen LogP contribution in [-0.2, 0) is 11.3 Å². The minimum atomic E-state index is -0.401. The Balaban J connectivity index is 2.70. The van der Waals surface area contributed by atoms with Crippen molar-refractivity contribution in [3.05, 3.63) is 29.6 Å². The topological polar surface area (TPSA) is 77.2 Å². The van der Waals surface area contributed by atoms with Gasteiger partial charge in [0.1, 0.15) is 5.69 Å². The van der Waals surface area contributed by atoms with Gasteiger partial charge in [-0.15, -0.1) is 0 Å². The molecule has 3 N–H and O–H groups in total. The zero-order valence-corrected chi connectivity index (χ0v) is 8.86. The van der Waals surface area contributed by atoms with E-state index in [-0.39, 0.29) is 6.10 Å². The van der Waals surface area contributed by atoms with Crippen LogP contribution in [0.3, 0.4) is 0 Å². The van der Waals surface area contributed by atoms with E-state index < -0.39 is 5.91 Å². The van der Waals surface area contributed by atoms with E-state index in [9.17, 15) is 4.79 Å². The molecule has 1 rings (SSSR count). The third-order valence-electron chi connectivity index (χ3n) is 1.74. The number of ether oxygens (including phenoxy) is 1. The number of nitrogens with zero attached hydrogens (tertiary/aromatic N) is 1. The van der Waals surface area contributed by atoms with Crippen LogP contribution >= 0.6 is 0 Å². The maximum atomic E-state index is 11.2. The first-order valence-corrected chi connectivity index (χ1v) is 4.72. The quantitative estimate of drug-likeness (QED) is 0.432. The van der Waals surface area contributed by atoms with E-state index in [4.69, 9.17) is 10.6 Å². The van der Waals surface area contributed by atoms with Crippen LogP contribution in [0.4, 0.5) is 0 Å². The molecule has 0 saturated heterocycles. The summed E-state index contributed by atoms with van der Waals surface area (Å²) in [4.78, 5) is 15.3. The summed E-state index contributed by atoms with van der Waals surface area (Å²) in [5.41, 5.74) is 3.04. The number of hydrogen-bond acceptors (Lipinski definition) is 4. The van der Waals surface area contributed by atoms with E-state index in [1.54, 1.807) is 18.2 Å². The smallest absolute Gasteiger partial charge is 0.283 e. The van der Waals surface area contributed by atoms with Crippen molar-refractivity contribution in [2.45, 2.75) is 26.6 Å². The highest BCUT2D eigenvalue weighted by Gasteiger charge is 2.06. The minimum absolute atomic E-state index is 0.138. The van der Waals surface area contributed by atoms with Crippen LogP contribution in [0.5, 0.6) is 0 Å². The van der Waals surface area contributed by atoms with E-state index in [2.05, 4.69) is 4.98 Å². The second-order valence-corrected chi connectivity index (χ2v) is 3.35. The van der Waals surface area contributed by atoms with Crippen LogP contribution in [0.15, 0.2) is 18.2 Å². The van der Waals surface area contributed by atoms with Gasteiger partial charge in [-0.3, -0.25) is 10.2 Å². The van der Waals surface area contributed by atoms with Gasteiger partial charge in [0, 0.05) is 0 Å². The Hall–Kier alpha value is -1.46. The summed E-state index contributed by atoms with van der Waals surface area (Å²) in [6, 6.07) is 5.15. The van der Waals surface area contributed by atoms with Gasteiger partial charge in [0.2, 0.25) is 0 Å². The third kappa shape index (κ3) is 3.65. The predicted octanol–water partition coefficient (Wildman–Crippen LogP) is 0.610. The Morgan fingerprint density at radius 2 is 2.33 bits per heavy atom. The molecule has 0 atom stereocenters. The summed E-state index contributed by atoms with van der Waals surface area (Å²) in [5, 5.41) is 0. The summed E-state index contributed by atoms with van der Waals surface area (Å²) >= 11 is 0. The summed E-state index contributed by atoms with van der Waals surface area (Å²) in [6.45, 7) is 4.27. The van der Waals surface area contributed by atoms with Crippen molar-refractivity contribution >= 4 is 5.91 Å². The van der Waals surface area contributed by atoms with Crippen LogP contribution in [0.25, 0.3) is 0 Å². The molecule has 5 heteroatoms. The number of rotatable bonds is 4. The number of amides is 1. The molecule has 0 aliphatic carbocycles. The average molecular weight is 209 g/mol. The van der Waals surface area contributed by atoms with Gasteiger partial charge in [-0.2, -0.15) is 0 Å². The van der Waals surface area contributed by atoms with E-state index in [0.717, 1.165) is 0 Å². The molecule has 0 saturated carbocycles. The van der Waals surface area contributed by atoms with Crippen molar-refractivity contribution in [3.63, 3.8) is 0 Å². The second kappa shape index (κ2) is 5.43. The monoisotopic (exact) mass is 209 g/mol. The number of pyridine rings is 1. The second-order valence-electron chi connectivity index (χ2n) is 3.35. The standard InChI is InChI=1S/C10H15N3O2/c1-7(2)15-6-8-4-3-5-9(12-8)10(14)13-11/h3-5,7H,6,11H2,1-2H3,(H,13,14). The van der Waals surface area contributed by atoms with Crippen molar-refractivity contribution in [1.29, 1.82) is 0 Å². The minimum Gasteiger partial charge on any atom is -0.373 e. The lowest BCUT2D eigenvalue weighted by atomic mass is 10.3. The largest absolute Gasteiger partial charge is 0.373 e. The number of aromatic nitrogens is 1. The van der Waals surface area contributed by atoms with Gasteiger partial charge < -0.3 is 4.74 Å². The fourth-order valence-electron chi connectivity index (χ4n) is 1.01. The molecular weight excluding hydrogens is 194 g/mol. The van der Waals surface area contributed by atoms with Crippen molar-refractivity contribution in [2.75, 3.05) is 0 Å². The maximum Gasteiger partial charge on any atom is 0.283 e. The Morgan fingerprint density at radius 1 is 1.60 bits per heavy atom. The molecule has 0 fully saturated rings. The zero-order valence-electron chi connectivity index (χ0n) is 8.86. The molecule has 0 unspecified atom stereocenters. The van der Waals surface area contributed by atoms with Crippen molar-refractivity contribution in [1.82, 2.24) is 10.4 Å². The highest BCUT2D eigenvalue weighted by atomic mass is 16.5. The third-order valence-corrected chi connectivity index (χ3v) is 1.74. The van der Waals surface area contributed by atoms with Crippen LogP contribution in [-0.4, -0.2) is 17.0 Å². The predicted molar refractivity (Wildman–Crippen MR) is 55.8 cm³/mol. The molecule has 0 aliphatic rings. The van der Waals surface area contributed by atoms with E-state index in [1.165, 1.54) is 0 Å². The molecule has 5 nitrogen and oxygen atoms in total. The molecular formula is C10H15N3O2. The molecule has 1 aromatic rings. The SMILES string of the molecule is CC(C)OCc1cccc(C(=O)NN)n1. The Labute approximate surface area is 88.6 Å². The number of hydrogen-bond donors (Lipinski definition) is 2. The summed E-state index contributed by atoms with van der Waals surface area (Å²) in [6.07, 6.45) is 0.138. The van der Waals surface area contributed by atoms with Gasteiger partial charge in [0.25, 0.3) is 5.91 Å². The van der Waals surface area contributed by atoms with Gasteiger partial charge in [-0.25, -0.2) is 10.8 Å². The molecule has 1 heterocycles. The molecule has 0 aromatic carbocycles. The number of hydrazine groups is 1. The molecule has 0 aliphatic heterocycles. The number of carbonyl (C=O) groups excluding carboxylic acids is 1. The molecule has 82 valence electrons. The molecule has 1 amide bonds. The Kier molecular flexibility index (Phi) is 4.20. The van der Waals surface area contributed by atoms with Crippen LogP contribution < -0.4 is 11.3 Å². The zero-order chi connectivity index (χ0) is 11.3. The fourth-order valence-corrected chi connectivity index (χ4v) is 1.01. The van der Waals surface area contributed by atoms with Gasteiger partial charge in [0.15, 0.2) is 0 Å². The highest BCUT2D eigenvalue weighted by Crippen LogP contribution is 2.02. The number of nitrogen functional groups attached to an aromatic ring is 1. The normalized spacial score (nSPS) is 10.4. The van der Waals surface area contributed by atoms with Gasteiger partial charge in [-0.05, 0) is 26.0 Å². The molecule has 0 spiro atoms. The lowest BCUT2D eigenvalue weighted by Gasteiger charge is -2.07. The van der Waals surface area contributed by atoms with E-state index in [0.29, 0.717) is 18.0 Å². The van der Waals surface area contributed by atoms with E-state index >= 15 is 0 Å². The summed E-state index contributed by atoms with van der Waals surface area (Å²) in [7, 11) is 0. The molecule has 0 radical (unpaired) electrons. The first-order chi connectivity index (χ1) is 7.13. The summed E-state index contributed by atoms with van der Waals surface area (Å²) in [5.74, 6) is 4.60. The number of nitrogens with one attached hydrogen (secondary N) is 1. The van der Waals surface area contributed by atoms with Crippen molar-refractivity contribution in [3.8, 4) is 0 Å². The summed E-state index contributed by atoms with van der Waals surface area (Å²) < 4.78 is 5.37. The van der Waals surface area contributed by atoms with Crippen LogP contribution in [0.1, 0.15) is 30.0 Å². The lowest BCUT2D eigenvalue weighted by Crippen LogP contribution is -2.30. The molecule has 1 aromatic heterocycles. The molecule has 15 heavy (non-hydrogen) atoms. The van der Waals surface area contributed by atoms with Crippen molar-refractivity contribution in [2.24, 2.45) is 5.84 Å². The lowest BCUT2D eigenvalue weighted by molar-refractivity contribution is 0.0634. The van der Waals surface area contributed by atoms with Crippen molar-refractivity contribution < 1.29 is 9.53 Å². The fraction of sp³-hybridized carbons (Fsp3) is 0.400. The van der Waals surface area contributed by atoms with Crippen LogP contribution in [0, 0.1) is 0 Å². The Morgan fingerprint density at radius 3 is 2.93 bits per heavy atom. The first-order valence-electron chi connectivity index (χ1n) is 4.72. The number of nitrogens with two attached hydrogens (primary N) is 1. The molecule has 0 bridgehead atoms. The maximum absolute atomic E-state index is 11.2. The van der Waals surface area contributed by atoms with Gasteiger partial charge in [0.05, 0.1) is 18.4 Å². The van der Waals surface area contributed by atoms with Gasteiger partial charge in [-0.1, -0.05) is 6.07 Å². The highest BCUT2D eigenvalue weighted by molar-refractivity contribution is 5.91. The first kappa shape index (κ1) is 11.6. The van der Waals surface area contributed by atoms with Gasteiger partial charge >= 0.3 is 0 Å². The van der Waals surface area contributed by atoms with E-state index in [1.807, 2.05) is 19.3 Å². The average Bonchev–Trinajstić information content (AvgIpc) is 2.25. The van der Waals surface area contributed by atoms with Crippen LogP contribution in [0.2, 0.25) is 0 Å². The Bertz CT molecular complexity index is 339. The number of carbonyl (C=O) groups is 1.